The Kier molecular flexibility index (Phi) is 7.08. The number of carbonyl (C=O) groups is 2. The molecule has 0 aliphatic carbocycles. The summed E-state index contributed by atoms with van der Waals surface area (Å²) in [6.07, 6.45) is 1.59. The van der Waals surface area contributed by atoms with Gasteiger partial charge in [-0.3, -0.25) is 9.59 Å². The fourth-order valence-corrected chi connectivity index (χ4v) is 3.98. The van der Waals surface area contributed by atoms with Gasteiger partial charge in [0.15, 0.2) is 11.5 Å². The number of hydrogen-bond acceptors (Lipinski definition) is 6. The molecular formula is C25H29NO6. The van der Waals surface area contributed by atoms with Crippen molar-refractivity contribution in [2.24, 2.45) is 0 Å². The largest absolute Gasteiger partial charge is 0.507 e. The lowest BCUT2D eigenvalue weighted by Crippen LogP contribution is -2.30. The van der Waals surface area contributed by atoms with Crippen molar-refractivity contribution in [1.29, 1.82) is 0 Å². The number of Topliss-reactive ketones (excluding diaryl/α,β-unsaturated/α-hetero) is 1. The summed E-state index contributed by atoms with van der Waals surface area (Å²) in [5.74, 6) is 0.125. The van der Waals surface area contributed by atoms with Gasteiger partial charge < -0.3 is 24.2 Å². The van der Waals surface area contributed by atoms with Crippen LogP contribution in [-0.2, 0) is 9.59 Å². The Balaban J connectivity index is 2.21. The Morgan fingerprint density at radius 2 is 1.72 bits per heavy atom. The van der Waals surface area contributed by atoms with Crippen molar-refractivity contribution in [1.82, 2.24) is 4.90 Å². The lowest BCUT2D eigenvalue weighted by Gasteiger charge is -2.26. The van der Waals surface area contributed by atoms with Crippen LogP contribution in [0.1, 0.15) is 42.5 Å². The van der Waals surface area contributed by atoms with Gasteiger partial charge in [-0.05, 0) is 54.8 Å². The van der Waals surface area contributed by atoms with Crippen LogP contribution in [0.15, 0.2) is 42.0 Å². The molecule has 32 heavy (non-hydrogen) atoms. The van der Waals surface area contributed by atoms with Crippen LogP contribution in [0.4, 0.5) is 0 Å². The van der Waals surface area contributed by atoms with E-state index >= 15 is 0 Å². The standard InChI is InChI=1S/C25H29NO6/c1-6-7-12-26-22(16-8-11-19(31-4)20(14-16)32-5)21(24(28)25(26)29)23(27)18-10-9-17(30-3)13-15(18)2/h8-11,13-14,22,27H,6-7,12H2,1-5H3/b23-21+. The molecule has 1 atom stereocenters. The zero-order valence-corrected chi connectivity index (χ0v) is 19.1. The SMILES string of the molecule is CCCCN1C(=O)C(=O)/C(=C(/O)c2ccc(OC)cc2C)C1c1ccc(OC)c(OC)c1. The molecule has 2 aromatic rings. The Morgan fingerprint density at radius 1 is 1.00 bits per heavy atom. The molecular weight excluding hydrogens is 410 g/mol. The highest BCUT2D eigenvalue weighted by Gasteiger charge is 2.46. The van der Waals surface area contributed by atoms with Crippen LogP contribution in [0.25, 0.3) is 5.76 Å². The van der Waals surface area contributed by atoms with Crippen molar-refractivity contribution < 1.29 is 28.9 Å². The van der Waals surface area contributed by atoms with E-state index in [2.05, 4.69) is 0 Å². The van der Waals surface area contributed by atoms with Crippen LogP contribution < -0.4 is 14.2 Å². The number of benzene rings is 2. The van der Waals surface area contributed by atoms with Crippen molar-refractivity contribution in [2.45, 2.75) is 32.7 Å². The number of rotatable bonds is 8. The predicted octanol–water partition coefficient (Wildman–Crippen LogP) is 4.24. The summed E-state index contributed by atoms with van der Waals surface area (Å²) >= 11 is 0. The first-order chi connectivity index (χ1) is 15.4. The highest BCUT2D eigenvalue weighted by molar-refractivity contribution is 6.46. The van der Waals surface area contributed by atoms with Gasteiger partial charge >= 0.3 is 0 Å². The Hall–Kier alpha value is -3.48. The molecule has 1 heterocycles. The molecule has 1 fully saturated rings. The van der Waals surface area contributed by atoms with E-state index < -0.39 is 17.7 Å². The maximum Gasteiger partial charge on any atom is 0.295 e. The van der Waals surface area contributed by atoms with Gasteiger partial charge in [-0.15, -0.1) is 0 Å². The van der Waals surface area contributed by atoms with Crippen molar-refractivity contribution in [3.8, 4) is 17.2 Å². The van der Waals surface area contributed by atoms with E-state index in [1.165, 1.54) is 19.1 Å². The van der Waals surface area contributed by atoms with Gasteiger partial charge in [0.05, 0.1) is 32.9 Å². The number of likely N-dealkylation sites (tertiary alicyclic amines) is 1. The molecule has 1 aliphatic heterocycles. The smallest absolute Gasteiger partial charge is 0.295 e. The molecule has 7 heteroatoms. The number of methoxy groups -OCH3 is 3. The second-order valence-electron chi connectivity index (χ2n) is 7.64. The molecule has 3 rings (SSSR count). The molecule has 1 amide bonds. The van der Waals surface area contributed by atoms with E-state index in [0.29, 0.717) is 34.9 Å². The monoisotopic (exact) mass is 439 g/mol. The highest BCUT2D eigenvalue weighted by Crippen LogP contribution is 2.42. The Labute approximate surface area is 188 Å². The summed E-state index contributed by atoms with van der Waals surface area (Å²) in [5, 5.41) is 11.2. The summed E-state index contributed by atoms with van der Waals surface area (Å²) in [6, 6.07) is 9.69. The molecule has 0 spiro atoms. The van der Waals surface area contributed by atoms with Gasteiger partial charge in [-0.2, -0.15) is 0 Å². The number of ether oxygens (including phenoxy) is 3. The summed E-state index contributed by atoms with van der Waals surface area (Å²) in [6.45, 7) is 4.23. The summed E-state index contributed by atoms with van der Waals surface area (Å²) < 4.78 is 16.0. The van der Waals surface area contributed by atoms with Crippen molar-refractivity contribution in [2.75, 3.05) is 27.9 Å². The van der Waals surface area contributed by atoms with Gasteiger partial charge in [-0.1, -0.05) is 19.4 Å². The molecule has 170 valence electrons. The number of unbranched alkanes of at least 4 members (excludes halogenated alkanes) is 1. The first kappa shape index (κ1) is 23.2. The van der Waals surface area contributed by atoms with E-state index in [-0.39, 0.29) is 11.3 Å². The molecule has 0 aromatic heterocycles. The van der Waals surface area contributed by atoms with Gasteiger partial charge in [-0.25, -0.2) is 0 Å². The minimum absolute atomic E-state index is 0.0617. The van der Waals surface area contributed by atoms with E-state index in [4.69, 9.17) is 14.2 Å². The Morgan fingerprint density at radius 3 is 2.31 bits per heavy atom. The maximum absolute atomic E-state index is 13.1. The normalized spacial score (nSPS) is 17.5. The molecule has 1 unspecified atom stereocenters. The number of hydrogen-bond donors (Lipinski definition) is 1. The fraction of sp³-hybridized carbons (Fsp3) is 0.360. The quantitative estimate of drug-likeness (QED) is 0.376. The molecule has 1 aliphatic rings. The predicted molar refractivity (Wildman–Crippen MR) is 121 cm³/mol. The third kappa shape index (κ3) is 4.15. The van der Waals surface area contributed by atoms with Crippen molar-refractivity contribution >= 4 is 17.4 Å². The first-order valence-electron chi connectivity index (χ1n) is 10.5. The average molecular weight is 440 g/mol. The first-order valence-corrected chi connectivity index (χ1v) is 10.5. The third-order valence-electron chi connectivity index (χ3n) is 5.70. The lowest BCUT2D eigenvalue weighted by molar-refractivity contribution is -0.139. The van der Waals surface area contributed by atoms with Crippen LogP contribution in [0.2, 0.25) is 0 Å². The van der Waals surface area contributed by atoms with Gasteiger partial charge in [0.25, 0.3) is 11.7 Å². The van der Waals surface area contributed by atoms with Crippen LogP contribution in [0.3, 0.4) is 0 Å². The Bertz CT molecular complexity index is 1060. The molecule has 2 aromatic carbocycles. The average Bonchev–Trinajstić information content (AvgIpc) is 3.06. The molecule has 0 radical (unpaired) electrons. The summed E-state index contributed by atoms with van der Waals surface area (Å²) in [7, 11) is 4.62. The van der Waals surface area contributed by atoms with E-state index in [1.54, 1.807) is 43.5 Å². The minimum Gasteiger partial charge on any atom is -0.507 e. The van der Waals surface area contributed by atoms with Crippen LogP contribution in [-0.4, -0.2) is 49.6 Å². The molecule has 0 bridgehead atoms. The number of ketones is 1. The number of carbonyl (C=O) groups excluding carboxylic acids is 2. The van der Waals surface area contributed by atoms with E-state index in [9.17, 15) is 14.7 Å². The van der Waals surface area contributed by atoms with Crippen LogP contribution >= 0.6 is 0 Å². The fourth-order valence-electron chi connectivity index (χ4n) is 3.98. The number of aryl methyl sites for hydroxylation is 1. The van der Waals surface area contributed by atoms with Gasteiger partial charge in [0.2, 0.25) is 0 Å². The van der Waals surface area contributed by atoms with Crippen LogP contribution in [0, 0.1) is 6.92 Å². The summed E-state index contributed by atoms with van der Waals surface area (Å²) in [4.78, 5) is 27.6. The van der Waals surface area contributed by atoms with Crippen molar-refractivity contribution in [3.63, 3.8) is 0 Å². The van der Waals surface area contributed by atoms with E-state index in [0.717, 1.165) is 18.4 Å². The molecule has 0 saturated carbocycles. The second kappa shape index (κ2) is 9.77. The minimum atomic E-state index is -0.733. The number of aliphatic hydroxyl groups excluding tert-OH is 1. The molecule has 1 N–H and O–H groups in total. The number of amides is 1. The maximum atomic E-state index is 13.1. The number of aliphatic hydroxyl groups is 1. The zero-order valence-electron chi connectivity index (χ0n) is 19.1. The third-order valence-corrected chi connectivity index (χ3v) is 5.70. The topological polar surface area (TPSA) is 85.3 Å². The summed E-state index contributed by atoms with van der Waals surface area (Å²) in [5.41, 5.74) is 1.93. The number of nitrogens with zero attached hydrogens (tertiary/aromatic N) is 1. The van der Waals surface area contributed by atoms with E-state index in [1.807, 2.05) is 13.8 Å². The van der Waals surface area contributed by atoms with Crippen LogP contribution in [0.5, 0.6) is 17.2 Å². The highest BCUT2D eigenvalue weighted by atomic mass is 16.5. The van der Waals surface area contributed by atoms with Gasteiger partial charge in [0.1, 0.15) is 11.5 Å². The molecule has 7 nitrogen and oxygen atoms in total. The van der Waals surface area contributed by atoms with Crippen molar-refractivity contribution in [3.05, 3.63) is 58.7 Å². The van der Waals surface area contributed by atoms with Gasteiger partial charge in [0, 0.05) is 12.1 Å². The lowest BCUT2D eigenvalue weighted by atomic mass is 9.93. The zero-order chi connectivity index (χ0) is 23.4. The second-order valence-corrected chi connectivity index (χ2v) is 7.64. The molecule has 1 saturated heterocycles.